The molecule has 1 aromatic rings. The summed E-state index contributed by atoms with van der Waals surface area (Å²) in [6.45, 7) is 3.90. The van der Waals surface area contributed by atoms with Crippen molar-refractivity contribution in [2.45, 2.75) is 43.7 Å². The molecule has 0 radical (unpaired) electrons. The Morgan fingerprint density at radius 1 is 1.45 bits per heavy atom. The van der Waals surface area contributed by atoms with E-state index in [2.05, 4.69) is 10.0 Å². The van der Waals surface area contributed by atoms with Crippen LogP contribution in [0.5, 0.6) is 0 Å². The van der Waals surface area contributed by atoms with Crippen LogP contribution >= 0.6 is 0 Å². The molecule has 1 aliphatic heterocycles. The molecule has 7 nitrogen and oxygen atoms in total. The van der Waals surface area contributed by atoms with Crippen molar-refractivity contribution in [2.24, 2.45) is 0 Å². The summed E-state index contributed by atoms with van der Waals surface area (Å²) < 4.78 is 41.0. The third-order valence-electron chi connectivity index (χ3n) is 3.87. The Kier molecular flexibility index (Phi) is 4.78. The van der Waals surface area contributed by atoms with E-state index in [9.17, 15) is 22.9 Å². The van der Waals surface area contributed by atoms with Crippen LogP contribution in [0.2, 0.25) is 0 Å². The lowest BCUT2D eigenvalue weighted by atomic mass is 10.0. The Morgan fingerprint density at radius 2 is 2.14 bits per heavy atom. The second-order valence-corrected chi connectivity index (χ2v) is 7.13. The zero-order valence-electron chi connectivity index (χ0n) is 12.3. The van der Waals surface area contributed by atoms with Crippen LogP contribution in [0.1, 0.15) is 25.3 Å². The number of nitrogens with zero attached hydrogens (tertiary/aromatic N) is 1. The number of nitrogens with one attached hydrogen (secondary N) is 2. The van der Waals surface area contributed by atoms with Crippen molar-refractivity contribution in [3.8, 4) is 0 Å². The number of halogens is 1. The van der Waals surface area contributed by atoms with Crippen LogP contribution in [0.4, 0.5) is 10.1 Å². The zero-order chi connectivity index (χ0) is 16.5. The summed E-state index contributed by atoms with van der Waals surface area (Å²) in [6.07, 6.45) is 1.48. The molecule has 122 valence electrons. The first-order chi connectivity index (χ1) is 10.2. The monoisotopic (exact) mass is 331 g/mol. The molecule has 1 heterocycles. The van der Waals surface area contributed by atoms with E-state index in [0.717, 1.165) is 25.1 Å². The molecular formula is C13H18FN3O4S. The molecule has 2 rings (SSSR count). The van der Waals surface area contributed by atoms with Gasteiger partial charge in [0.15, 0.2) is 0 Å². The maximum Gasteiger partial charge on any atom is 0.276 e. The van der Waals surface area contributed by atoms with E-state index in [1.165, 1.54) is 6.92 Å². The van der Waals surface area contributed by atoms with Crippen molar-refractivity contribution >= 4 is 15.7 Å². The van der Waals surface area contributed by atoms with Crippen molar-refractivity contribution < 1.29 is 17.7 Å². The van der Waals surface area contributed by atoms with Crippen molar-refractivity contribution in [2.75, 3.05) is 6.54 Å². The van der Waals surface area contributed by atoms with Gasteiger partial charge in [0.2, 0.25) is 10.0 Å². The maximum atomic E-state index is 13.8. The van der Waals surface area contributed by atoms with E-state index in [1.54, 1.807) is 0 Å². The molecule has 2 unspecified atom stereocenters. The Bertz CT molecular complexity index is 693. The van der Waals surface area contributed by atoms with Gasteiger partial charge in [-0.2, -0.15) is 0 Å². The smallest absolute Gasteiger partial charge is 0.276 e. The van der Waals surface area contributed by atoms with E-state index >= 15 is 0 Å². The lowest BCUT2D eigenvalue weighted by Gasteiger charge is -2.30. The highest BCUT2D eigenvalue weighted by molar-refractivity contribution is 7.89. The number of hydrogen-bond donors (Lipinski definition) is 2. The Hall–Kier alpha value is -1.58. The number of sulfonamides is 1. The van der Waals surface area contributed by atoms with E-state index < -0.39 is 31.3 Å². The van der Waals surface area contributed by atoms with Crippen LogP contribution < -0.4 is 10.0 Å². The third kappa shape index (κ3) is 3.42. The van der Waals surface area contributed by atoms with Gasteiger partial charge in [-0.1, -0.05) is 0 Å². The van der Waals surface area contributed by atoms with E-state index in [-0.39, 0.29) is 17.6 Å². The van der Waals surface area contributed by atoms with Crippen LogP contribution in [0.25, 0.3) is 0 Å². The van der Waals surface area contributed by atoms with Gasteiger partial charge in [0.25, 0.3) is 5.69 Å². The summed E-state index contributed by atoms with van der Waals surface area (Å²) in [7, 11) is -4.02. The molecule has 0 aliphatic carbocycles. The Morgan fingerprint density at radius 3 is 2.73 bits per heavy atom. The number of hydrogen-bond acceptors (Lipinski definition) is 5. The van der Waals surface area contributed by atoms with Gasteiger partial charge in [0.1, 0.15) is 5.82 Å². The highest BCUT2D eigenvalue weighted by Gasteiger charge is 2.29. The highest BCUT2D eigenvalue weighted by atomic mass is 32.2. The normalized spacial score (nSPS) is 22.5. The van der Waals surface area contributed by atoms with Crippen molar-refractivity contribution in [3.05, 3.63) is 33.6 Å². The van der Waals surface area contributed by atoms with Crippen LogP contribution in [0.15, 0.2) is 17.0 Å². The quantitative estimate of drug-likeness (QED) is 0.642. The lowest BCUT2D eigenvalue weighted by Crippen LogP contribution is -2.51. The van der Waals surface area contributed by atoms with Gasteiger partial charge in [-0.3, -0.25) is 10.1 Å². The third-order valence-corrected chi connectivity index (χ3v) is 5.34. The number of nitro groups is 1. The molecule has 9 heteroatoms. The first kappa shape index (κ1) is 16.8. The first-order valence-corrected chi connectivity index (χ1v) is 8.41. The fraction of sp³-hybridized carbons (Fsp3) is 0.538. The van der Waals surface area contributed by atoms with E-state index in [1.807, 2.05) is 6.92 Å². The fourth-order valence-corrected chi connectivity index (χ4v) is 3.84. The molecule has 0 spiro atoms. The minimum Gasteiger partial charge on any atom is -0.313 e. The van der Waals surface area contributed by atoms with Crippen molar-refractivity contribution in [3.63, 3.8) is 0 Å². The largest absolute Gasteiger partial charge is 0.313 e. The lowest BCUT2D eigenvalue weighted by molar-refractivity contribution is -0.385. The predicted molar refractivity (Wildman–Crippen MR) is 78.6 cm³/mol. The predicted octanol–water partition coefficient (Wildman–Crippen LogP) is 1.46. The zero-order valence-corrected chi connectivity index (χ0v) is 13.1. The summed E-state index contributed by atoms with van der Waals surface area (Å²) in [4.78, 5) is 9.69. The van der Waals surface area contributed by atoms with Gasteiger partial charge in [0, 0.05) is 18.2 Å². The topological polar surface area (TPSA) is 101 Å². The van der Waals surface area contributed by atoms with Crippen LogP contribution in [-0.2, 0) is 10.0 Å². The van der Waals surface area contributed by atoms with Gasteiger partial charge in [-0.25, -0.2) is 17.5 Å². The van der Waals surface area contributed by atoms with Gasteiger partial charge in [-0.05, 0) is 39.3 Å². The van der Waals surface area contributed by atoms with Gasteiger partial charge < -0.3 is 5.32 Å². The second-order valence-electron chi connectivity index (χ2n) is 5.42. The molecule has 0 bridgehead atoms. The van der Waals surface area contributed by atoms with Crippen LogP contribution in [0, 0.1) is 22.9 Å². The molecule has 1 fully saturated rings. The Balaban J connectivity index is 2.35. The SMILES string of the molecule is Cc1c(F)cc(S(=O)(=O)NC2CCCNC2C)cc1[N+](=O)[O-]. The average Bonchev–Trinajstić information content (AvgIpc) is 2.43. The number of piperidine rings is 1. The molecular weight excluding hydrogens is 313 g/mol. The summed E-state index contributed by atoms with van der Waals surface area (Å²) >= 11 is 0. The molecule has 0 amide bonds. The summed E-state index contributed by atoms with van der Waals surface area (Å²) in [5.41, 5.74) is -0.730. The van der Waals surface area contributed by atoms with Crippen LogP contribution in [-0.4, -0.2) is 32.0 Å². The van der Waals surface area contributed by atoms with E-state index in [0.29, 0.717) is 6.42 Å². The molecule has 1 saturated heterocycles. The van der Waals surface area contributed by atoms with Crippen LogP contribution in [0.3, 0.4) is 0 Å². The summed E-state index contributed by atoms with van der Waals surface area (Å²) in [6, 6.07) is 1.31. The number of benzene rings is 1. The molecule has 2 N–H and O–H groups in total. The second kappa shape index (κ2) is 6.27. The molecule has 0 aromatic heterocycles. The average molecular weight is 331 g/mol. The summed E-state index contributed by atoms with van der Waals surface area (Å²) in [5.74, 6) is -0.913. The van der Waals surface area contributed by atoms with E-state index in [4.69, 9.17) is 0 Å². The van der Waals surface area contributed by atoms with Crippen molar-refractivity contribution in [1.29, 1.82) is 0 Å². The molecule has 1 aromatic carbocycles. The van der Waals surface area contributed by atoms with Gasteiger partial charge in [-0.15, -0.1) is 0 Å². The molecule has 0 saturated carbocycles. The highest BCUT2D eigenvalue weighted by Crippen LogP contribution is 2.25. The number of rotatable bonds is 4. The fourth-order valence-electron chi connectivity index (χ4n) is 2.46. The number of nitro benzene ring substituents is 1. The van der Waals surface area contributed by atoms with Crippen molar-refractivity contribution in [1.82, 2.24) is 10.0 Å². The first-order valence-electron chi connectivity index (χ1n) is 6.92. The minimum atomic E-state index is -4.02. The standard InChI is InChI=1S/C13H18FN3O4S/c1-8-11(14)6-10(7-13(8)17(18)19)22(20,21)16-12-4-3-5-15-9(12)2/h6-7,9,12,15-16H,3-5H2,1-2H3. The molecule has 22 heavy (non-hydrogen) atoms. The Labute approximate surface area is 128 Å². The maximum absolute atomic E-state index is 13.8. The molecule has 2 atom stereocenters. The minimum absolute atomic E-state index is 0.0613. The molecule has 1 aliphatic rings. The van der Waals surface area contributed by atoms with Gasteiger partial charge in [0.05, 0.1) is 15.4 Å². The van der Waals surface area contributed by atoms with Gasteiger partial charge >= 0.3 is 0 Å². The summed E-state index contributed by atoms with van der Waals surface area (Å²) in [5, 5.41) is 14.1.